The predicted molar refractivity (Wildman–Crippen MR) is 116 cm³/mol. The molecule has 6 unspecified atom stereocenters. The lowest BCUT2D eigenvalue weighted by Crippen LogP contribution is -2.57. The van der Waals surface area contributed by atoms with Crippen molar-refractivity contribution in [3.05, 3.63) is 23.8 Å². The molecule has 4 rings (SSSR count). The number of carbonyl (C=O) groups excluding carboxylic acids is 1. The summed E-state index contributed by atoms with van der Waals surface area (Å²) in [5.41, 5.74) is 1.80. The van der Waals surface area contributed by atoms with Gasteiger partial charge in [-0.3, -0.25) is 4.79 Å². The van der Waals surface area contributed by atoms with Gasteiger partial charge in [-0.25, -0.2) is 0 Å². The summed E-state index contributed by atoms with van der Waals surface area (Å²) in [5, 5.41) is 37.3. The molecule has 0 aromatic carbocycles. The van der Waals surface area contributed by atoms with E-state index in [2.05, 4.69) is 37.2 Å². The monoisotopic (exact) mass is 430 g/mol. The Balaban J connectivity index is 1.67. The molecule has 3 saturated carbocycles. The lowest BCUT2D eigenvalue weighted by molar-refractivity contribution is -0.139. The van der Waals surface area contributed by atoms with E-state index in [4.69, 9.17) is 4.74 Å². The van der Waals surface area contributed by atoms with E-state index >= 15 is 0 Å². The molecule has 0 amide bonds. The highest BCUT2D eigenvalue weighted by atomic mass is 16.5. The molecular formula is C24H34N2O5. The molecule has 3 fully saturated rings. The van der Waals surface area contributed by atoms with Crippen LogP contribution in [0.1, 0.15) is 53.4 Å². The zero-order valence-electron chi connectivity index (χ0n) is 18.8. The van der Waals surface area contributed by atoms with Crippen molar-refractivity contribution in [1.82, 2.24) is 0 Å². The van der Waals surface area contributed by atoms with Crippen molar-refractivity contribution < 1.29 is 25.1 Å². The third kappa shape index (κ3) is 3.32. The molecule has 0 aromatic heterocycles. The lowest BCUT2D eigenvalue weighted by atomic mass is 9.45. The van der Waals surface area contributed by atoms with Gasteiger partial charge in [-0.2, -0.15) is 0 Å². The van der Waals surface area contributed by atoms with Crippen LogP contribution in [-0.2, 0) is 9.53 Å². The molecule has 0 radical (unpaired) electrons. The number of oxime groups is 2. The maximum absolute atomic E-state index is 11.5. The summed E-state index contributed by atoms with van der Waals surface area (Å²) in [7, 11) is 0. The van der Waals surface area contributed by atoms with E-state index in [0.29, 0.717) is 35.6 Å². The minimum Gasteiger partial charge on any atom is -0.460 e. The highest BCUT2D eigenvalue weighted by Crippen LogP contribution is 2.66. The van der Waals surface area contributed by atoms with E-state index in [1.807, 2.05) is 12.2 Å². The molecule has 0 spiro atoms. The van der Waals surface area contributed by atoms with Gasteiger partial charge < -0.3 is 20.3 Å². The molecule has 0 aliphatic heterocycles. The Morgan fingerprint density at radius 2 is 2.03 bits per heavy atom. The number of fused-ring (bicyclic) bond motifs is 5. The quantitative estimate of drug-likeness (QED) is 0.273. The molecule has 3 N–H and O–H groups in total. The van der Waals surface area contributed by atoms with Gasteiger partial charge in [-0.05, 0) is 61.0 Å². The molecule has 0 saturated heterocycles. The Hall–Kier alpha value is -2.15. The van der Waals surface area contributed by atoms with Crippen molar-refractivity contribution in [2.45, 2.75) is 59.5 Å². The minimum atomic E-state index is -0.501. The summed E-state index contributed by atoms with van der Waals surface area (Å²) in [6.45, 7) is 7.98. The number of aliphatic hydroxyl groups is 1. The summed E-state index contributed by atoms with van der Waals surface area (Å²) in [4.78, 5) is 11.3. The Morgan fingerprint density at radius 3 is 2.68 bits per heavy atom. The highest BCUT2D eigenvalue weighted by Gasteiger charge is 2.63. The fourth-order valence-corrected chi connectivity index (χ4v) is 7.74. The van der Waals surface area contributed by atoms with E-state index in [1.54, 1.807) is 0 Å². The molecule has 170 valence electrons. The van der Waals surface area contributed by atoms with Crippen LogP contribution in [0.2, 0.25) is 0 Å². The first-order valence-electron chi connectivity index (χ1n) is 11.3. The number of aliphatic hydroxyl groups excluding tert-OH is 1. The van der Waals surface area contributed by atoms with Crippen molar-refractivity contribution in [3.63, 3.8) is 0 Å². The largest absolute Gasteiger partial charge is 0.460 e. The number of allylic oxidation sites excluding steroid dienone is 4. The number of rotatable bonds is 3. The fourth-order valence-electron chi connectivity index (χ4n) is 7.74. The minimum absolute atomic E-state index is 0.00395. The standard InChI is InChI=1S/C24H34N2O5/c1-13-9-16-17-5-6-18(20(26-30)12-31-14(2)27)24(17,4)11-21(28)22(16)23(3)8-7-15(25-29)10-19(13)23/h7-8,10,13,16-18,21-22,28-30H,5-6,9,11-12H2,1-4H3/b25-15+,26-20+/t13-,16?,17?,18?,21?,22+,23?,24?/m0/s1. The number of ether oxygens (including phenoxy) is 1. The number of nitrogens with zero attached hydrogens (tertiary/aromatic N) is 2. The van der Waals surface area contributed by atoms with Crippen LogP contribution in [0.25, 0.3) is 0 Å². The van der Waals surface area contributed by atoms with E-state index in [1.165, 1.54) is 12.5 Å². The van der Waals surface area contributed by atoms with Gasteiger partial charge in [0.1, 0.15) is 12.3 Å². The van der Waals surface area contributed by atoms with Crippen molar-refractivity contribution in [2.75, 3.05) is 6.61 Å². The van der Waals surface area contributed by atoms with Crippen LogP contribution < -0.4 is 0 Å². The normalized spacial score (nSPS) is 45.5. The Morgan fingerprint density at radius 1 is 1.29 bits per heavy atom. The Labute approximate surface area is 183 Å². The average molecular weight is 431 g/mol. The second kappa shape index (κ2) is 7.76. The molecule has 4 aliphatic rings. The van der Waals surface area contributed by atoms with Crippen LogP contribution in [0.3, 0.4) is 0 Å². The topological polar surface area (TPSA) is 112 Å². The van der Waals surface area contributed by atoms with Crippen LogP contribution in [0.5, 0.6) is 0 Å². The zero-order valence-corrected chi connectivity index (χ0v) is 18.8. The van der Waals surface area contributed by atoms with Gasteiger partial charge >= 0.3 is 5.97 Å². The molecule has 7 nitrogen and oxygen atoms in total. The van der Waals surface area contributed by atoms with Crippen molar-refractivity contribution >= 4 is 17.4 Å². The number of hydrogen-bond acceptors (Lipinski definition) is 7. The van der Waals surface area contributed by atoms with Crippen molar-refractivity contribution in [2.24, 2.45) is 50.7 Å². The predicted octanol–water partition coefficient (Wildman–Crippen LogP) is 3.78. The van der Waals surface area contributed by atoms with Crippen molar-refractivity contribution in [1.29, 1.82) is 0 Å². The average Bonchev–Trinajstić information content (AvgIpc) is 3.04. The molecule has 7 heteroatoms. The van der Waals surface area contributed by atoms with Crippen molar-refractivity contribution in [3.8, 4) is 0 Å². The summed E-state index contributed by atoms with van der Waals surface area (Å²) >= 11 is 0. The van der Waals surface area contributed by atoms with E-state index in [-0.39, 0.29) is 29.3 Å². The third-order valence-electron chi connectivity index (χ3n) is 8.90. The highest BCUT2D eigenvalue weighted by molar-refractivity contribution is 6.05. The first kappa shape index (κ1) is 22.1. The summed E-state index contributed by atoms with van der Waals surface area (Å²) in [6, 6.07) is 0. The first-order chi connectivity index (χ1) is 14.7. The van der Waals surface area contributed by atoms with E-state index in [0.717, 1.165) is 19.3 Å². The molecule has 31 heavy (non-hydrogen) atoms. The van der Waals surface area contributed by atoms with Gasteiger partial charge in [-0.15, -0.1) is 0 Å². The third-order valence-corrected chi connectivity index (χ3v) is 8.90. The zero-order chi connectivity index (χ0) is 22.6. The summed E-state index contributed by atoms with van der Waals surface area (Å²) in [5.74, 6) is 0.712. The van der Waals surface area contributed by atoms with Gasteiger partial charge in [0.25, 0.3) is 0 Å². The number of esters is 1. The van der Waals surface area contributed by atoms with Crippen LogP contribution in [0, 0.1) is 40.4 Å². The molecule has 0 heterocycles. The summed E-state index contributed by atoms with van der Waals surface area (Å²) in [6.07, 6.45) is 8.91. The van der Waals surface area contributed by atoms with Gasteiger partial charge in [0.2, 0.25) is 0 Å². The molecule has 0 aromatic rings. The molecule has 8 atom stereocenters. The van der Waals surface area contributed by atoms with Gasteiger partial charge in [0, 0.05) is 24.2 Å². The second-order valence-electron chi connectivity index (χ2n) is 10.5. The van der Waals surface area contributed by atoms with Crippen LogP contribution in [0.4, 0.5) is 0 Å². The second-order valence-corrected chi connectivity index (χ2v) is 10.5. The van der Waals surface area contributed by atoms with E-state index < -0.39 is 12.1 Å². The van der Waals surface area contributed by atoms with E-state index in [9.17, 15) is 20.3 Å². The Kier molecular flexibility index (Phi) is 5.53. The summed E-state index contributed by atoms with van der Waals surface area (Å²) < 4.78 is 5.15. The molecular weight excluding hydrogens is 396 g/mol. The van der Waals surface area contributed by atoms with Gasteiger partial charge in [0.05, 0.1) is 11.8 Å². The van der Waals surface area contributed by atoms with Crippen LogP contribution >= 0.6 is 0 Å². The molecule has 4 aliphatic carbocycles. The van der Waals surface area contributed by atoms with Gasteiger partial charge in [-0.1, -0.05) is 42.7 Å². The fraction of sp³-hybridized carbons (Fsp3) is 0.708. The maximum Gasteiger partial charge on any atom is 0.303 e. The number of carbonyl (C=O) groups is 1. The van der Waals surface area contributed by atoms with Crippen LogP contribution in [-0.4, -0.2) is 45.6 Å². The van der Waals surface area contributed by atoms with Crippen LogP contribution in [0.15, 0.2) is 34.1 Å². The SMILES string of the molecule is CC(=O)OC/C(=N\O)C1CCC2C3C[C@H](C)C4=C/C(=N/O)C=CC4(C)[C@H]3C(O)CC12C. The lowest BCUT2D eigenvalue weighted by Gasteiger charge is -2.60. The number of hydrogen-bond donors (Lipinski definition) is 3. The van der Waals surface area contributed by atoms with Gasteiger partial charge in [0.15, 0.2) is 0 Å². The Bertz CT molecular complexity index is 877. The smallest absolute Gasteiger partial charge is 0.303 e. The first-order valence-corrected chi connectivity index (χ1v) is 11.3. The molecule has 0 bridgehead atoms. The maximum atomic E-state index is 11.5.